The van der Waals surface area contributed by atoms with Crippen LogP contribution in [-0.4, -0.2) is 51.7 Å². The highest BCUT2D eigenvalue weighted by Crippen LogP contribution is 2.38. The van der Waals surface area contributed by atoms with Crippen LogP contribution in [0.25, 0.3) is 64.4 Å². The van der Waals surface area contributed by atoms with Crippen LogP contribution in [0.5, 0.6) is 0 Å². The quantitative estimate of drug-likeness (QED) is 0.0753. The van der Waals surface area contributed by atoms with Crippen molar-refractivity contribution in [3.05, 3.63) is 106 Å². The number of carbonyl (C=O) groups excluding carboxylic acids is 2. The van der Waals surface area contributed by atoms with E-state index in [0.717, 1.165) is 78.1 Å². The van der Waals surface area contributed by atoms with Gasteiger partial charge < -0.3 is 26.0 Å². The molecule has 0 saturated carbocycles. The lowest BCUT2D eigenvalue weighted by atomic mass is 10.1. The molecule has 0 radical (unpaired) electrons. The van der Waals surface area contributed by atoms with Gasteiger partial charge in [0.1, 0.15) is 22.8 Å². The zero-order chi connectivity index (χ0) is 39.0. The second-order valence-electron chi connectivity index (χ2n) is 13.0. The van der Waals surface area contributed by atoms with Crippen molar-refractivity contribution >= 4 is 90.9 Å². The summed E-state index contributed by atoms with van der Waals surface area (Å²) in [5, 5.41) is 19.8. The number of anilines is 2. The topological polar surface area (TPSA) is 143 Å². The minimum absolute atomic E-state index is 0.236. The van der Waals surface area contributed by atoms with Crippen molar-refractivity contribution in [3.8, 4) is 42.3 Å². The van der Waals surface area contributed by atoms with Gasteiger partial charge >= 0.3 is 12.1 Å². The van der Waals surface area contributed by atoms with Crippen LogP contribution < -0.4 is 21.3 Å². The molecule has 0 atom stereocenters. The molecule has 6 aromatic heterocycles. The normalized spacial score (nSPS) is 11.2. The van der Waals surface area contributed by atoms with Gasteiger partial charge in [-0.25, -0.2) is 29.5 Å². The molecule has 288 valence electrons. The highest BCUT2D eigenvalue weighted by Gasteiger charge is 2.18. The number of fused-ring (bicyclic) bond motifs is 2. The summed E-state index contributed by atoms with van der Waals surface area (Å²) in [6, 6.07) is 24.8. The van der Waals surface area contributed by atoms with Crippen molar-refractivity contribution in [2.24, 2.45) is 0 Å². The number of amides is 4. The Kier molecular flexibility index (Phi) is 12.2. The number of rotatable bonds is 15. The Morgan fingerprint density at radius 2 is 1.09 bits per heavy atom. The first-order valence-electron chi connectivity index (χ1n) is 18.5. The maximum Gasteiger partial charge on any atom is 0.319 e. The van der Waals surface area contributed by atoms with Gasteiger partial charge in [0.05, 0.1) is 54.8 Å². The summed E-state index contributed by atoms with van der Waals surface area (Å²) in [5.41, 5.74) is 8.41. The number of nitrogens with zero attached hydrogens (tertiary/aromatic N) is 4. The van der Waals surface area contributed by atoms with E-state index in [1.165, 1.54) is 0 Å². The average molecular weight is 831 g/mol. The Hall–Kier alpha value is -5.58. The van der Waals surface area contributed by atoms with E-state index >= 15 is 0 Å². The van der Waals surface area contributed by atoms with Crippen LogP contribution in [0.1, 0.15) is 31.7 Å². The number of ether oxygens (including phenoxy) is 1. The molecule has 0 fully saturated rings. The molecular weight excluding hydrogens is 793 g/mol. The third-order valence-electron chi connectivity index (χ3n) is 8.86. The van der Waals surface area contributed by atoms with Crippen LogP contribution in [-0.2, 0) is 11.3 Å². The molecule has 0 spiro atoms. The molecule has 0 aliphatic carbocycles. The van der Waals surface area contributed by atoms with Crippen LogP contribution in [0.3, 0.4) is 0 Å². The largest absolute Gasteiger partial charge is 0.375 e. The van der Waals surface area contributed by atoms with Gasteiger partial charge in [0.25, 0.3) is 0 Å². The summed E-state index contributed by atoms with van der Waals surface area (Å²) in [6.07, 6.45) is 3.12. The lowest BCUT2D eigenvalue weighted by molar-refractivity contribution is 0.124. The van der Waals surface area contributed by atoms with Crippen molar-refractivity contribution in [2.75, 3.05) is 30.3 Å². The summed E-state index contributed by atoms with van der Waals surface area (Å²) in [4.78, 5) is 49.4. The molecule has 0 aliphatic rings. The van der Waals surface area contributed by atoms with Crippen LogP contribution in [0, 0.1) is 0 Å². The van der Waals surface area contributed by atoms with Crippen LogP contribution >= 0.6 is 45.3 Å². The van der Waals surface area contributed by atoms with Crippen LogP contribution in [0.2, 0.25) is 0 Å². The van der Waals surface area contributed by atoms with Crippen LogP contribution in [0.15, 0.2) is 100 Å². The van der Waals surface area contributed by atoms with E-state index in [-0.39, 0.29) is 12.1 Å². The highest BCUT2D eigenvalue weighted by atomic mass is 32.1. The molecule has 0 unspecified atom stereocenters. The molecule has 0 aliphatic heterocycles. The first-order valence-corrected chi connectivity index (χ1v) is 22.0. The van der Waals surface area contributed by atoms with Gasteiger partial charge in [-0.2, -0.15) is 0 Å². The molecule has 8 aromatic rings. The fraction of sp³-hybridized carbons (Fsp3) is 0.190. The van der Waals surface area contributed by atoms with Gasteiger partial charge in [-0.1, -0.05) is 38.0 Å². The van der Waals surface area contributed by atoms with Gasteiger partial charge in [0.2, 0.25) is 0 Å². The number of urea groups is 2. The fourth-order valence-corrected chi connectivity index (χ4v) is 9.15. The van der Waals surface area contributed by atoms with Crippen molar-refractivity contribution in [3.63, 3.8) is 0 Å². The number of nitrogens with one attached hydrogen (secondary N) is 4. The minimum Gasteiger partial charge on any atom is -0.375 e. The highest BCUT2D eigenvalue weighted by molar-refractivity contribution is 7.15. The number of aromatic nitrogens is 4. The SMILES string of the molecule is CCCCCNC(=O)Nc1ccc2nc(-c3cccs3)c(-c3cc(COCCNC(=O)Nc4ccc5nc(-c6cccs6)c(-c6cccs6)nc5c4)cs3)nc2c1. The van der Waals surface area contributed by atoms with E-state index in [1.807, 2.05) is 82.9 Å². The van der Waals surface area contributed by atoms with E-state index in [0.29, 0.717) is 48.7 Å². The molecule has 8 rings (SSSR count). The summed E-state index contributed by atoms with van der Waals surface area (Å²) in [7, 11) is 0. The Labute approximate surface area is 345 Å². The second kappa shape index (κ2) is 18.1. The molecule has 2 aromatic carbocycles. The molecular formula is C42H38N8O3S4. The molecule has 15 heteroatoms. The van der Waals surface area contributed by atoms with Gasteiger partial charge in [-0.15, -0.1) is 45.3 Å². The van der Waals surface area contributed by atoms with Gasteiger partial charge in [-0.05, 0) is 94.2 Å². The number of unbranched alkanes of at least 4 members (excludes halogenated alkanes) is 2. The zero-order valence-electron chi connectivity index (χ0n) is 30.9. The molecule has 6 heterocycles. The number of carbonyl (C=O) groups is 2. The summed E-state index contributed by atoms with van der Waals surface area (Å²) >= 11 is 6.44. The zero-order valence-corrected chi connectivity index (χ0v) is 34.2. The first kappa shape index (κ1) is 38.3. The number of hydrogen-bond donors (Lipinski definition) is 4. The van der Waals surface area contributed by atoms with E-state index < -0.39 is 0 Å². The van der Waals surface area contributed by atoms with E-state index in [9.17, 15) is 9.59 Å². The number of hydrogen-bond acceptors (Lipinski definition) is 11. The van der Waals surface area contributed by atoms with E-state index in [1.54, 1.807) is 45.3 Å². The molecule has 4 amide bonds. The summed E-state index contributed by atoms with van der Waals surface area (Å²) in [5.74, 6) is 0. The van der Waals surface area contributed by atoms with Gasteiger partial charge in [-0.3, -0.25) is 0 Å². The van der Waals surface area contributed by atoms with Crippen molar-refractivity contribution < 1.29 is 14.3 Å². The third-order valence-corrected chi connectivity index (χ3v) is 12.5. The monoisotopic (exact) mass is 830 g/mol. The van der Waals surface area contributed by atoms with E-state index in [2.05, 4.69) is 45.7 Å². The fourth-order valence-electron chi connectivity index (χ4n) is 6.12. The molecule has 0 bridgehead atoms. The predicted octanol–water partition coefficient (Wildman–Crippen LogP) is 11.1. The molecule has 4 N–H and O–H groups in total. The standard InChI is InChI=1S/C42H38N8O3S4/c1-2-3-4-15-43-41(51)45-27-11-14-30-32(23-27)50-40(39(48-30)35-10-7-20-56-35)36-21-26(25-57-36)24-53-17-16-44-42(52)46-28-12-13-29-31(22-28)49-38(34-9-6-19-55-34)37(47-29)33-8-5-18-54-33/h5-14,18-23,25H,2-4,15-17,24H2,1H3,(H2,43,45,51)(H2,44,46,52). The van der Waals surface area contributed by atoms with Crippen molar-refractivity contribution in [1.82, 2.24) is 30.6 Å². The average Bonchev–Trinajstić information content (AvgIpc) is 4.08. The smallest absolute Gasteiger partial charge is 0.319 e. The van der Waals surface area contributed by atoms with Gasteiger partial charge in [0.15, 0.2) is 0 Å². The molecule has 57 heavy (non-hydrogen) atoms. The maximum atomic E-state index is 12.8. The second-order valence-corrected chi connectivity index (χ2v) is 16.8. The van der Waals surface area contributed by atoms with Crippen molar-refractivity contribution in [2.45, 2.75) is 32.8 Å². The minimum atomic E-state index is -0.334. The predicted molar refractivity (Wildman–Crippen MR) is 236 cm³/mol. The Morgan fingerprint density at radius 1 is 0.579 bits per heavy atom. The maximum absolute atomic E-state index is 12.8. The first-order chi connectivity index (χ1) is 28.0. The lowest BCUT2D eigenvalue weighted by Crippen LogP contribution is -2.31. The third kappa shape index (κ3) is 9.35. The van der Waals surface area contributed by atoms with E-state index in [4.69, 9.17) is 24.7 Å². The Bertz CT molecular complexity index is 2610. The number of benzene rings is 2. The summed E-state index contributed by atoms with van der Waals surface area (Å²) in [6.45, 7) is 3.80. The van der Waals surface area contributed by atoms with Crippen LogP contribution in [0.4, 0.5) is 21.0 Å². The van der Waals surface area contributed by atoms with Crippen molar-refractivity contribution in [1.29, 1.82) is 0 Å². The lowest BCUT2D eigenvalue weighted by Gasteiger charge is -2.11. The molecule has 0 saturated heterocycles. The van der Waals surface area contributed by atoms with Gasteiger partial charge in [0, 0.05) is 24.5 Å². The number of thiophene rings is 4. The Balaban J connectivity index is 0.877. The molecule has 11 nitrogen and oxygen atoms in total. The summed E-state index contributed by atoms with van der Waals surface area (Å²) < 4.78 is 5.95. The Morgan fingerprint density at radius 3 is 1.60 bits per heavy atom.